The molecule has 0 spiro atoms. The molecule has 0 bridgehead atoms. The Bertz CT molecular complexity index is 991. The van der Waals surface area contributed by atoms with E-state index in [4.69, 9.17) is 9.73 Å². The average molecular weight is 401 g/mol. The maximum atomic E-state index is 5.57. The molecular weight excluding hydrogens is 368 g/mol. The molecule has 1 heterocycles. The standard InChI is InChI=1S/C27H32N2O/c1-4-30-27-16-14-26(15-17-27)29-20(2)18-24(21(29)3)19-28-25-12-10-23(11-13-25)22-8-6-5-7-9-22/h10-19,22H,4-9H2,1-3H3. The smallest absolute Gasteiger partial charge is 0.119 e. The first-order valence-corrected chi connectivity index (χ1v) is 11.2. The van der Waals surface area contributed by atoms with Crippen LogP contribution in [0.3, 0.4) is 0 Å². The molecule has 1 saturated carbocycles. The van der Waals surface area contributed by atoms with Crippen LogP contribution < -0.4 is 4.74 Å². The molecule has 3 nitrogen and oxygen atoms in total. The molecule has 3 aromatic rings. The summed E-state index contributed by atoms with van der Waals surface area (Å²) in [6.07, 6.45) is 8.79. The highest BCUT2D eigenvalue weighted by Gasteiger charge is 2.15. The second-order valence-corrected chi connectivity index (χ2v) is 8.27. The summed E-state index contributed by atoms with van der Waals surface area (Å²) in [6, 6.07) is 19.3. The molecule has 0 aliphatic heterocycles. The molecule has 1 fully saturated rings. The zero-order chi connectivity index (χ0) is 20.9. The van der Waals surface area contributed by atoms with Crippen molar-refractivity contribution in [3.8, 4) is 11.4 Å². The van der Waals surface area contributed by atoms with Crippen LogP contribution in [0.25, 0.3) is 5.69 Å². The van der Waals surface area contributed by atoms with E-state index in [-0.39, 0.29) is 0 Å². The van der Waals surface area contributed by atoms with E-state index in [0.29, 0.717) is 6.61 Å². The Morgan fingerprint density at radius 1 is 0.967 bits per heavy atom. The van der Waals surface area contributed by atoms with Crippen LogP contribution in [0.5, 0.6) is 5.75 Å². The van der Waals surface area contributed by atoms with Crippen LogP contribution >= 0.6 is 0 Å². The lowest BCUT2D eigenvalue weighted by atomic mass is 9.84. The highest BCUT2D eigenvalue weighted by molar-refractivity contribution is 5.84. The van der Waals surface area contributed by atoms with Crippen LogP contribution in [-0.2, 0) is 0 Å². The van der Waals surface area contributed by atoms with Crippen LogP contribution in [0.15, 0.2) is 59.6 Å². The van der Waals surface area contributed by atoms with Gasteiger partial charge in [-0.3, -0.25) is 4.99 Å². The normalized spacial score (nSPS) is 15.0. The van der Waals surface area contributed by atoms with Gasteiger partial charge in [0, 0.05) is 28.9 Å². The first-order valence-electron chi connectivity index (χ1n) is 11.2. The highest BCUT2D eigenvalue weighted by Crippen LogP contribution is 2.33. The highest BCUT2D eigenvalue weighted by atomic mass is 16.5. The molecule has 2 aromatic carbocycles. The van der Waals surface area contributed by atoms with Crippen molar-refractivity contribution >= 4 is 11.9 Å². The molecule has 156 valence electrons. The summed E-state index contributed by atoms with van der Waals surface area (Å²) in [5.74, 6) is 1.65. The van der Waals surface area contributed by atoms with E-state index in [1.165, 1.54) is 49.1 Å². The Hall–Kier alpha value is -2.81. The van der Waals surface area contributed by atoms with Crippen molar-refractivity contribution in [1.82, 2.24) is 4.57 Å². The van der Waals surface area contributed by atoms with Crippen LogP contribution in [0.2, 0.25) is 0 Å². The summed E-state index contributed by atoms with van der Waals surface area (Å²) >= 11 is 0. The predicted octanol–water partition coefficient (Wildman–Crippen LogP) is 7.29. The van der Waals surface area contributed by atoms with Crippen molar-refractivity contribution in [2.24, 2.45) is 4.99 Å². The maximum Gasteiger partial charge on any atom is 0.119 e. The number of aromatic nitrogens is 1. The topological polar surface area (TPSA) is 26.5 Å². The third kappa shape index (κ3) is 4.51. The van der Waals surface area contributed by atoms with Crippen molar-refractivity contribution < 1.29 is 4.74 Å². The van der Waals surface area contributed by atoms with E-state index < -0.39 is 0 Å². The van der Waals surface area contributed by atoms with Crippen LogP contribution in [0.1, 0.15) is 67.5 Å². The van der Waals surface area contributed by atoms with Gasteiger partial charge in [0.25, 0.3) is 0 Å². The van der Waals surface area contributed by atoms with Crippen molar-refractivity contribution in [1.29, 1.82) is 0 Å². The van der Waals surface area contributed by atoms with Crippen molar-refractivity contribution in [3.63, 3.8) is 0 Å². The molecule has 0 unspecified atom stereocenters. The fraction of sp³-hybridized carbons (Fsp3) is 0.370. The van der Waals surface area contributed by atoms with Gasteiger partial charge < -0.3 is 9.30 Å². The first kappa shape index (κ1) is 20.5. The molecule has 0 amide bonds. The van der Waals surface area contributed by atoms with Gasteiger partial charge >= 0.3 is 0 Å². The molecule has 1 aromatic heterocycles. The minimum absolute atomic E-state index is 0.684. The number of hydrogen-bond acceptors (Lipinski definition) is 2. The Kier molecular flexibility index (Phi) is 6.37. The quantitative estimate of drug-likeness (QED) is 0.399. The van der Waals surface area contributed by atoms with Gasteiger partial charge in [-0.2, -0.15) is 0 Å². The second kappa shape index (κ2) is 9.34. The number of benzene rings is 2. The second-order valence-electron chi connectivity index (χ2n) is 8.27. The fourth-order valence-electron chi connectivity index (χ4n) is 4.59. The summed E-state index contributed by atoms with van der Waals surface area (Å²) in [7, 11) is 0. The summed E-state index contributed by atoms with van der Waals surface area (Å²) in [5, 5.41) is 0. The van der Waals surface area contributed by atoms with Gasteiger partial charge in [0.2, 0.25) is 0 Å². The Morgan fingerprint density at radius 2 is 1.67 bits per heavy atom. The van der Waals surface area contributed by atoms with Gasteiger partial charge in [-0.25, -0.2) is 0 Å². The number of hydrogen-bond donors (Lipinski definition) is 0. The molecule has 1 aliphatic rings. The minimum Gasteiger partial charge on any atom is -0.494 e. The Labute approximate surface area is 180 Å². The number of aryl methyl sites for hydroxylation is 1. The zero-order valence-corrected chi connectivity index (χ0v) is 18.4. The van der Waals surface area contributed by atoms with Gasteiger partial charge in [0.15, 0.2) is 0 Å². The van der Waals surface area contributed by atoms with Crippen molar-refractivity contribution in [3.05, 3.63) is 77.1 Å². The molecular formula is C27H32N2O. The SMILES string of the molecule is CCOc1ccc(-n2c(C)cc(C=Nc3ccc(C4CCCCC4)cc3)c2C)cc1. The van der Waals surface area contributed by atoms with Gasteiger partial charge in [-0.1, -0.05) is 31.4 Å². The Balaban J connectivity index is 1.51. The fourth-order valence-corrected chi connectivity index (χ4v) is 4.59. The molecule has 30 heavy (non-hydrogen) atoms. The van der Waals surface area contributed by atoms with E-state index in [1.54, 1.807) is 0 Å². The third-order valence-corrected chi connectivity index (χ3v) is 6.20. The third-order valence-electron chi connectivity index (χ3n) is 6.20. The molecule has 0 saturated heterocycles. The predicted molar refractivity (Wildman–Crippen MR) is 126 cm³/mol. The minimum atomic E-state index is 0.684. The monoisotopic (exact) mass is 400 g/mol. The molecule has 4 rings (SSSR count). The van der Waals surface area contributed by atoms with Crippen molar-refractivity contribution in [2.75, 3.05) is 6.61 Å². The van der Waals surface area contributed by atoms with E-state index in [1.807, 2.05) is 25.3 Å². The summed E-state index contributed by atoms with van der Waals surface area (Å²) in [6.45, 7) is 6.98. The van der Waals surface area contributed by atoms with Gasteiger partial charge in [-0.15, -0.1) is 0 Å². The molecule has 1 aliphatic carbocycles. The van der Waals surface area contributed by atoms with Crippen molar-refractivity contribution in [2.45, 2.75) is 58.8 Å². The van der Waals surface area contributed by atoms with Gasteiger partial charge in [0.1, 0.15) is 5.75 Å². The first-order chi connectivity index (χ1) is 14.7. The van der Waals surface area contributed by atoms with E-state index >= 15 is 0 Å². The van der Waals surface area contributed by atoms with Gasteiger partial charge in [-0.05, 0) is 87.6 Å². The molecule has 0 N–H and O–H groups in total. The van der Waals surface area contributed by atoms with E-state index in [2.05, 4.69) is 60.9 Å². The average Bonchev–Trinajstić information content (AvgIpc) is 3.07. The maximum absolute atomic E-state index is 5.57. The van der Waals surface area contributed by atoms with E-state index in [0.717, 1.165) is 28.6 Å². The molecule has 0 radical (unpaired) electrons. The van der Waals surface area contributed by atoms with Crippen LogP contribution in [-0.4, -0.2) is 17.4 Å². The number of nitrogens with zero attached hydrogens (tertiary/aromatic N) is 2. The van der Waals surface area contributed by atoms with Crippen LogP contribution in [0, 0.1) is 13.8 Å². The lowest BCUT2D eigenvalue weighted by Crippen LogP contribution is -2.03. The molecule has 3 heteroatoms. The van der Waals surface area contributed by atoms with Gasteiger partial charge in [0.05, 0.1) is 12.3 Å². The van der Waals surface area contributed by atoms with Crippen LogP contribution in [0.4, 0.5) is 5.69 Å². The number of aliphatic imine (C=N–C) groups is 1. The molecule has 0 atom stereocenters. The summed E-state index contributed by atoms with van der Waals surface area (Å²) < 4.78 is 7.83. The number of rotatable bonds is 6. The summed E-state index contributed by atoms with van der Waals surface area (Å²) in [5.41, 5.74) is 7.18. The lowest BCUT2D eigenvalue weighted by Gasteiger charge is -2.21. The Morgan fingerprint density at radius 3 is 2.33 bits per heavy atom. The zero-order valence-electron chi connectivity index (χ0n) is 18.4. The lowest BCUT2D eigenvalue weighted by molar-refractivity contribution is 0.340. The number of ether oxygens (including phenoxy) is 1. The van der Waals surface area contributed by atoms with E-state index in [9.17, 15) is 0 Å². The summed E-state index contributed by atoms with van der Waals surface area (Å²) in [4.78, 5) is 4.75. The largest absolute Gasteiger partial charge is 0.494 e.